The molecule has 1 heterocycles. The van der Waals surface area contributed by atoms with Gasteiger partial charge in [-0.05, 0) is 18.2 Å². The van der Waals surface area contributed by atoms with E-state index in [9.17, 15) is 4.79 Å². The molecule has 0 aliphatic rings. The smallest absolute Gasteiger partial charge is 0.221 e. The Labute approximate surface area is 91.2 Å². The van der Waals surface area contributed by atoms with Crippen LogP contribution < -0.4 is 5.32 Å². The lowest BCUT2D eigenvalue weighted by Gasteiger charge is -2.00. The van der Waals surface area contributed by atoms with Crippen molar-refractivity contribution < 1.29 is 9.32 Å². The molecule has 15 heavy (non-hydrogen) atoms. The number of benzene rings is 1. The largest absolute Gasteiger partial charge is 0.356 e. The van der Waals surface area contributed by atoms with E-state index in [1.807, 2.05) is 0 Å². The maximum absolute atomic E-state index is 10.9. The molecular formula is C10H9ClN2O2. The number of fused-ring (bicyclic) bond motifs is 1. The molecule has 0 spiro atoms. The summed E-state index contributed by atoms with van der Waals surface area (Å²) in [7, 11) is 0. The summed E-state index contributed by atoms with van der Waals surface area (Å²) in [5, 5.41) is 7.33. The van der Waals surface area contributed by atoms with Gasteiger partial charge in [0, 0.05) is 18.0 Å². The summed E-state index contributed by atoms with van der Waals surface area (Å²) in [5.41, 5.74) is 2.06. The molecule has 1 N–H and O–H groups in total. The molecule has 0 atom stereocenters. The van der Waals surface area contributed by atoms with E-state index in [-0.39, 0.29) is 11.8 Å². The molecule has 2 aromatic rings. The Morgan fingerprint density at radius 3 is 3.07 bits per heavy atom. The normalized spacial score (nSPS) is 10.5. The summed E-state index contributed by atoms with van der Waals surface area (Å²) in [6.45, 7) is 1.46. The van der Waals surface area contributed by atoms with Crippen molar-refractivity contribution in [3.8, 4) is 0 Å². The van der Waals surface area contributed by atoms with E-state index in [1.54, 1.807) is 18.2 Å². The molecule has 2 rings (SSSR count). The van der Waals surface area contributed by atoms with Gasteiger partial charge in [-0.1, -0.05) is 5.16 Å². The van der Waals surface area contributed by atoms with Gasteiger partial charge in [-0.25, -0.2) is 0 Å². The molecule has 4 nitrogen and oxygen atoms in total. The van der Waals surface area contributed by atoms with E-state index in [1.165, 1.54) is 6.92 Å². The van der Waals surface area contributed by atoms with Crippen LogP contribution in [0.3, 0.4) is 0 Å². The van der Waals surface area contributed by atoms with Crippen LogP contribution in [0.4, 0.5) is 5.69 Å². The third-order valence-electron chi connectivity index (χ3n) is 1.99. The lowest BCUT2D eigenvalue weighted by Crippen LogP contribution is -2.05. The summed E-state index contributed by atoms with van der Waals surface area (Å²) in [4.78, 5) is 10.9. The number of halogens is 1. The number of rotatable bonds is 2. The highest BCUT2D eigenvalue weighted by Crippen LogP contribution is 2.23. The van der Waals surface area contributed by atoms with Crippen molar-refractivity contribution in [2.75, 3.05) is 5.32 Å². The first kappa shape index (κ1) is 9.98. The Balaban J connectivity index is 2.47. The Morgan fingerprint density at radius 1 is 1.60 bits per heavy atom. The Bertz CT molecular complexity index is 507. The number of hydrogen-bond acceptors (Lipinski definition) is 3. The monoisotopic (exact) mass is 224 g/mol. The second-order valence-corrected chi connectivity index (χ2v) is 3.42. The fourth-order valence-corrected chi connectivity index (χ4v) is 1.56. The molecule has 0 unspecified atom stereocenters. The van der Waals surface area contributed by atoms with Crippen molar-refractivity contribution in [3.05, 3.63) is 23.9 Å². The average molecular weight is 225 g/mol. The first-order valence-corrected chi connectivity index (χ1v) is 4.96. The molecule has 0 aliphatic carbocycles. The van der Waals surface area contributed by atoms with Gasteiger partial charge in [0.15, 0.2) is 5.58 Å². The lowest BCUT2D eigenvalue weighted by molar-refractivity contribution is -0.114. The van der Waals surface area contributed by atoms with Crippen LogP contribution in [0.1, 0.15) is 12.6 Å². The molecule has 5 heteroatoms. The van der Waals surface area contributed by atoms with Gasteiger partial charge in [0.2, 0.25) is 5.91 Å². The standard InChI is InChI=1S/C10H9ClN2O2/c1-6(14)12-7-2-3-10-8(4-7)9(5-11)13-15-10/h2-4H,5H2,1H3,(H,12,14). The minimum Gasteiger partial charge on any atom is -0.356 e. The van der Waals surface area contributed by atoms with E-state index in [4.69, 9.17) is 16.1 Å². The molecular weight excluding hydrogens is 216 g/mol. The summed E-state index contributed by atoms with van der Waals surface area (Å²) >= 11 is 5.70. The third kappa shape index (κ3) is 1.94. The van der Waals surface area contributed by atoms with Gasteiger partial charge >= 0.3 is 0 Å². The summed E-state index contributed by atoms with van der Waals surface area (Å²) < 4.78 is 5.05. The molecule has 1 aromatic carbocycles. The van der Waals surface area contributed by atoms with Gasteiger partial charge in [-0.2, -0.15) is 0 Å². The molecule has 0 aliphatic heterocycles. The van der Waals surface area contributed by atoms with Gasteiger partial charge < -0.3 is 9.84 Å². The zero-order chi connectivity index (χ0) is 10.8. The van der Waals surface area contributed by atoms with Crippen molar-refractivity contribution >= 4 is 34.2 Å². The number of carbonyl (C=O) groups excluding carboxylic acids is 1. The first-order valence-electron chi connectivity index (χ1n) is 4.42. The van der Waals surface area contributed by atoms with E-state index in [0.717, 1.165) is 5.39 Å². The van der Waals surface area contributed by atoms with Crippen LogP contribution >= 0.6 is 11.6 Å². The van der Waals surface area contributed by atoms with E-state index in [2.05, 4.69) is 10.5 Å². The number of carbonyl (C=O) groups is 1. The maximum Gasteiger partial charge on any atom is 0.221 e. The number of alkyl halides is 1. The van der Waals surface area contributed by atoms with Crippen LogP contribution in [0.25, 0.3) is 11.0 Å². The highest BCUT2D eigenvalue weighted by atomic mass is 35.5. The summed E-state index contributed by atoms with van der Waals surface area (Å²) in [6.07, 6.45) is 0. The minimum atomic E-state index is -0.113. The fourth-order valence-electron chi connectivity index (χ4n) is 1.37. The van der Waals surface area contributed by atoms with Crippen LogP contribution in [0, 0.1) is 0 Å². The fraction of sp³-hybridized carbons (Fsp3) is 0.200. The second-order valence-electron chi connectivity index (χ2n) is 3.16. The Kier molecular flexibility index (Phi) is 2.60. The Morgan fingerprint density at radius 2 is 2.40 bits per heavy atom. The van der Waals surface area contributed by atoms with Gasteiger partial charge in [0.05, 0.1) is 5.88 Å². The van der Waals surface area contributed by atoms with Crippen LogP contribution in [-0.4, -0.2) is 11.1 Å². The zero-order valence-electron chi connectivity index (χ0n) is 8.08. The zero-order valence-corrected chi connectivity index (χ0v) is 8.84. The quantitative estimate of drug-likeness (QED) is 0.798. The molecule has 1 amide bonds. The van der Waals surface area contributed by atoms with Crippen LogP contribution in [-0.2, 0) is 10.7 Å². The molecule has 0 saturated heterocycles. The second kappa shape index (κ2) is 3.90. The highest BCUT2D eigenvalue weighted by molar-refractivity contribution is 6.17. The van der Waals surface area contributed by atoms with Crippen molar-refractivity contribution in [2.45, 2.75) is 12.8 Å². The van der Waals surface area contributed by atoms with Gasteiger partial charge in [0.1, 0.15) is 5.69 Å². The maximum atomic E-state index is 10.9. The van der Waals surface area contributed by atoms with Crippen molar-refractivity contribution in [2.24, 2.45) is 0 Å². The van der Waals surface area contributed by atoms with Gasteiger partial charge in [-0.3, -0.25) is 4.79 Å². The van der Waals surface area contributed by atoms with E-state index in [0.29, 0.717) is 17.0 Å². The SMILES string of the molecule is CC(=O)Nc1ccc2onc(CCl)c2c1. The first-order chi connectivity index (χ1) is 7.20. The lowest BCUT2D eigenvalue weighted by atomic mass is 10.2. The number of nitrogens with one attached hydrogen (secondary N) is 1. The summed E-state index contributed by atoms with van der Waals surface area (Å²) in [6, 6.07) is 5.31. The predicted octanol–water partition coefficient (Wildman–Crippen LogP) is 2.53. The van der Waals surface area contributed by atoms with Crippen molar-refractivity contribution in [1.82, 2.24) is 5.16 Å². The van der Waals surface area contributed by atoms with Gasteiger partial charge in [0.25, 0.3) is 0 Å². The number of amides is 1. The van der Waals surface area contributed by atoms with Crippen molar-refractivity contribution in [3.63, 3.8) is 0 Å². The predicted molar refractivity (Wildman–Crippen MR) is 57.9 cm³/mol. The number of anilines is 1. The number of nitrogens with zero attached hydrogens (tertiary/aromatic N) is 1. The molecule has 0 fully saturated rings. The average Bonchev–Trinajstić information content (AvgIpc) is 2.59. The molecule has 0 bridgehead atoms. The van der Waals surface area contributed by atoms with Gasteiger partial charge in [-0.15, -0.1) is 11.6 Å². The molecule has 0 saturated carbocycles. The van der Waals surface area contributed by atoms with E-state index >= 15 is 0 Å². The van der Waals surface area contributed by atoms with Crippen molar-refractivity contribution in [1.29, 1.82) is 0 Å². The van der Waals surface area contributed by atoms with Crippen LogP contribution in [0.2, 0.25) is 0 Å². The summed E-state index contributed by atoms with van der Waals surface area (Å²) in [5.74, 6) is 0.175. The minimum absolute atomic E-state index is 0.113. The Hall–Kier alpha value is -1.55. The van der Waals surface area contributed by atoms with Crippen LogP contribution in [0.15, 0.2) is 22.7 Å². The molecule has 0 radical (unpaired) electrons. The van der Waals surface area contributed by atoms with Crippen LogP contribution in [0.5, 0.6) is 0 Å². The van der Waals surface area contributed by atoms with E-state index < -0.39 is 0 Å². The molecule has 78 valence electrons. The number of hydrogen-bond donors (Lipinski definition) is 1. The molecule has 1 aromatic heterocycles. The highest BCUT2D eigenvalue weighted by Gasteiger charge is 2.07. The topological polar surface area (TPSA) is 55.1 Å². The number of aromatic nitrogens is 1. The third-order valence-corrected chi connectivity index (χ3v) is 2.24.